The molecule has 3 rings (SSSR count). The van der Waals surface area contributed by atoms with Gasteiger partial charge >= 0.3 is 0 Å². The third kappa shape index (κ3) is 4.42. The van der Waals surface area contributed by atoms with Gasteiger partial charge in [-0.3, -0.25) is 9.59 Å². The van der Waals surface area contributed by atoms with E-state index in [4.69, 9.17) is 0 Å². The van der Waals surface area contributed by atoms with Gasteiger partial charge in [0.1, 0.15) is 5.82 Å². The van der Waals surface area contributed by atoms with Crippen molar-refractivity contribution in [2.45, 2.75) is 52.4 Å². The van der Waals surface area contributed by atoms with Gasteiger partial charge < -0.3 is 15.2 Å². The molecule has 0 radical (unpaired) electrons. The predicted molar refractivity (Wildman–Crippen MR) is 102 cm³/mol. The van der Waals surface area contributed by atoms with Gasteiger partial charge in [-0.1, -0.05) is 12.5 Å². The molecular formula is C20H28N4O2. The lowest BCUT2D eigenvalue weighted by molar-refractivity contribution is -0.131. The molecule has 1 aromatic heterocycles. The average Bonchev–Trinajstić information content (AvgIpc) is 2.92. The predicted octanol–water partition coefficient (Wildman–Crippen LogP) is 2.63. The maximum absolute atomic E-state index is 12.1. The molecule has 2 heterocycles. The molecule has 0 unspecified atom stereocenters. The van der Waals surface area contributed by atoms with Crippen molar-refractivity contribution in [1.82, 2.24) is 20.2 Å². The fourth-order valence-corrected chi connectivity index (χ4v) is 3.40. The van der Waals surface area contributed by atoms with E-state index in [2.05, 4.69) is 35.2 Å². The highest BCUT2D eigenvalue weighted by Crippen LogP contribution is 2.19. The van der Waals surface area contributed by atoms with E-state index in [0.29, 0.717) is 32.4 Å². The molecule has 6 heteroatoms. The molecule has 1 aliphatic rings. The third-order valence-electron chi connectivity index (χ3n) is 5.19. The third-order valence-corrected chi connectivity index (χ3v) is 5.19. The van der Waals surface area contributed by atoms with Crippen molar-refractivity contribution in [2.24, 2.45) is 0 Å². The smallest absolute Gasteiger partial charge is 0.222 e. The van der Waals surface area contributed by atoms with Crippen LogP contribution in [-0.4, -0.2) is 46.3 Å². The van der Waals surface area contributed by atoms with Gasteiger partial charge in [-0.15, -0.1) is 0 Å². The maximum atomic E-state index is 12.1. The largest absolute Gasteiger partial charge is 0.356 e. The zero-order chi connectivity index (χ0) is 18.5. The van der Waals surface area contributed by atoms with Crippen molar-refractivity contribution < 1.29 is 9.59 Å². The molecule has 140 valence electrons. The Morgan fingerprint density at radius 3 is 2.96 bits per heavy atom. The molecule has 0 saturated carbocycles. The summed E-state index contributed by atoms with van der Waals surface area (Å²) >= 11 is 0. The van der Waals surface area contributed by atoms with Crippen molar-refractivity contribution in [3.8, 4) is 0 Å². The number of benzene rings is 1. The lowest BCUT2D eigenvalue weighted by atomic mass is 10.1. The molecule has 0 bridgehead atoms. The van der Waals surface area contributed by atoms with E-state index in [1.807, 2.05) is 11.0 Å². The number of amides is 2. The zero-order valence-electron chi connectivity index (χ0n) is 15.7. The van der Waals surface area contributed by atoms with Crippen molar-refractivity contribution in [3.05, 3.63) is 29.1 Å². The molecule has 2 aromatic rings. The number of hydrogen-bond donors (Lipinski definition) is 2. The minimum Gasteiger partial charge on any atom is -0.356 e. The first-order chi connectivity index (χ1) is 12.5. The standard InChI is InChI=1S/C20H28N4O2/c1-14-7-8-16-20(15(14)2)23-17(22-16)9-11-21-18(25)10-13-24-12-5-3-4-6-19(24)26/h7-8H,3-6,9-13H2,1-2H3,(H,21,25)(H,22,23). The van der Waals surface area contributed by atoms with Crippen LogP contribution in [0.1, 0.15) is 49.1 Å². The minimum absolute atomic E-state index is 0.00909. The van der Waals surface area contributed by atoms with Gasteiger partial charge in [0.25, 0.3) is 0 Å². The Morgan fingerprint density at radius 1 is 1.27 bits per heavy atom. The van der Waals surface area contributed by atoms with Gasteiger partial charge in [-0.25, -0.2) is 4.98 Å². The highest BCUT2D eigenvalue weighted by atomic mass is 16.2. The van der Waals surface area contributed by atoms with Gasteiger partial charge in [0, 0.05) is 38.9 Å². The van der Waals surface area contributed by atoms with E-state index in [1.54, 1.807) is 0 Å². The van der Waals surface area contributed by atoms with E-state index in [-0.39, 0.29) is 11.8 Å². The number of nitrogens with one attached hydrogen (secondary N) is 2. The second kappa shape index (κ2) is 8.34. The monoisotopic (exact) mass is 356 g/mol. The van der Waals surface area contributed by atoms with Crippen molar-refractivity contribution in [1.29, 1.82) is 0 Å². The van der Waals surface area contributed by atoms with Crippen LogP contribution < -0.4 is 5.32 Å². The number of carbonyl (C=O) groups excluding carboxylic acids is 2. The SMILES string of the molecule is Cc1ccc2[nH]c(CCNC(=O)CCN3CCCCCC3=O)nc2c1C. The van der Waals surface area contributed by atoms with Gasteiger partial charge in [0.15, 0.2) is 0 Å². The number of imidazole rings is 1. The van der Waals surface area contributed by atoms with Crippen LogP contribution in [0, 0.1) is 13.8 Å². The first-order valence-corrected chi connectivity index (χ1v) is 9.54. The molecule has 1 aliphatic heterocycles. The molecule has 0 spiro atoms. The Balaban J connectivity index is 1.45. The molecule has 1 aromatic carbocycles. The number of nitrogens with zero attached hydrogens (tertiary/aromatic N) is 2. The van der Waals surface area contributed by atoms with Crippen LogP contribution >= 0.6 is 0 Å². The highest BCUT2D eigenvalue weighted by molar-refractivity contribution is 5.80. The summed E-state index contributed by atoms with van der Waals surface area (Å²) < 4.78 is 0. The first-order valence-electron chi connectivity index (χ1n) is 9.54. The second-order valence-corrected chi connectivity index (χ2v) is 7.13. The van der Waals surface area contributed by atoms with E-state index < -0.39 is 0 Å². The van der Waals surface area contributed by atoms with E-state index in [9.17, 15) is 9.59 Å². The van der Waals surface area contributed by atoms with Crippen LogP contribution in [0.2, 0.25) is 0 Å². The molecule has 1 saturated heterocycles. The molecular weight excluding hydrogens is 328 g/mol. The molecule has 0 aliphatic carbocycles. The van der Waals surface area contributed by atoms with E-state index in [0.717, 1.165) is 42.7 Å². The van der Waals surface area contributed by atoms with Crippen LogP contribution in [0.5, 0.6) is 0 Å². The number of carbonyl (C=O) groups is 2. The molecule has 1 fully saturated rings. The van der Waals surface area contributed by atoms with Crippen molar-refractivity contribution in [3.63, 3.8) is 0 Å². The fourth-order valence-electron chi connectivity index (χ4n) is 3.40. The number of rotatable bonds is 6. The van der Waals surface area contributed by atoms with Crippen LogP contribution in [0.3, 0.4) is 0 Å². The quantitative estimate of drug-likeness (QED) is 0.835. The summed E-state index contributed by atoms with van der Waals surface area (Å²) in [6.45, 7) is 6.01. The molecule has 2 N–H and O–H groups in total. The lowest BCUT2D eigenvalue weighted by Gasteiger charge is -2.19. The molecule has 26 heavy (non-hydrogen) atoms. The summed E-state index contributed by atoms with van der Waals surface area (Å²) in [5.41, 5.74) is 4.46. The molecule has 0 atom stereocenters. The number of likely N-dealkylation sites (tertiary alicyclic amines) is 1. The molecule has 2 amide bonds. The number of aryl methyl sites for hydroxylation is 2. The number of aromatic amines is 1. The maximum Gasteiger partial charge on any atom is 0.222 e. The topological polar surface area (TPSA) is 78.1 Å². The average molecular weight is 356 g/mol. The number of H-pyrrole nitrogens is 1. The Hall–Kier alpha value is -2.37. The minimum atomic E-state index is -0.00909. The molecule has 6 nitrogen and oxygen atoms in total. The van der Waals surface area contributed by atoms with Gasteiger partial charge in [0.05, 0.1) is 11.0 Å². The number of fused-ring (bicyclic) bond motifs is 1. The van der Waals surface area contributed by atoms with E-state index in [1.165, 1.54) is 11.1 Å². The zero-order valence-corrected chi connectivity index (χ0v) is 15.7. The number of hydrogen-bond acceptors (Lipinski definition) is 3. The van der Waals surface area contributed by atoms with Crippen LogP contribution in [-0.2, 0) is 16.0 Å². The fraction of sp³-hybridized carbons (Fsp3) is 0.550. The van der Waals surface area contributed by atoms with Gasteiger partial charge in [-0.05, 0) is 43.9 Å². The van der Waals surface area contributed by atoms with E-state index >= 15 is 0 Å². The summed E-state index contributed by atoms with van der Waals surface area (Å²) in [5, 5.41) is 2.93. The normalized spacial score (nSPS) is 15.3. The van der Waals surface area contributed by atoms with Gasteiger partial charge in [0.2, 0.25) is 11.8 Å². The Labute approximate surface area is 154 Å². The summed E-state index contributed by atoms with van der Waals surface area (Å²) in [5.74, 6) is 1.06. The summed E-state index contributed by atoms with van der Waals surface area (Å²) in [6.07, 6.45) is 4.76. The van der Waals surface area contributed by atoms with Crippen LogP contribution in [0.15, 0.2) is 12.1 Å². The van der Waals surface area contributed by atoms with Crippen molar-refractivity contribution in [2.75, 3.05) is 19.6 Å². The Bertz CT molecular complexity index is 796. The number of aromatic nitrogens is 2. The first kappa shape index (κ1) is 18.4. The van der Waals surface area contributed by atoms with Crippen LogP contribution in [0.25, 0.3) is 11.0 Å². The Kier molecular flexibility index (Phi) is 5.91. The second-order valence-electron chi connectivity index (χ2n) is 7.13. The van der Waals surface area contributed by atoms with Crippen LogP contribution in [0.4, 0.5) is 0 Å². The lowest BCUT2D eigenvalue weighted by Crippen LogP contribution is -2.35. The van der Waals surface area contributed by atoms with Gasteiger partial charge in [-0.2, -0.15) is 0 Å². The summed E-state index contributed by atoms with van der Waals surface area (Å²) in [7, 11) is 0. The van der Waals surface area contributed by atoms with Crippen molar-refractivity contribution >= 4 is 22.8 Å². The summed E-state index contributed by atoms with van der Waals surface area (Å²) in [4.78, 5) is 33.8. The summed E-state index contributed by atoms with van der Waals surface area (Å²) in [6, 6.07) is 4.14. The Morgan fingerprint density at radius 2 is 2.12 bits per heavy atom. The highest BCUT2D eigenvalue weighted by Gasteiger charge is 2.17.